The molecule has 0 aromatic carbocycles. The second kappa shape index (κ2) is 13.6. The number of nitrogens with one attached hydrogen (secondary N) is 1. The average Bonchev–Trinajstić information content (AvgIpc) is 3.05. The Labute approximate surface area is 269 Å². The number of rotatable bonds is 9. The molecular weight excluding hydrogens is 616 g/mol. The Morgan fingerprint density at radius 2 is 1.87 bits per heavy atom. The number of ether oxygens (including phenoxy) is 3. The van der Waals surface area contributed by atoms with Crippen LogP contribution >= 0.6 is 0 Å². The van der Waals surface area contributed by atoms with Crippen molar-refractivity contribution in [2.45, 2.75) is 37.5 Å². The van der Waals surface area contributed by atoms with Gasteiger partial charge in [-0.1, -0.05) is 0 Å². The van der Waals surface area contributed by atoms with Gasteiger partial charge in [0.05, 0.1) is 44.3 Å². The molecule has 3 aliphatic heterocycles. The van der Waals surface area contributed by atoms with Gasteiger partial charge in [0, 0.05) is 45.3 Å². The van der Waals surface area contributed by atoms with E-state index in [0.29, 0.717) is 29.1 Å². The third kappa shape index (κ3) is 7.02. The zero-order chi connectivity index (χ0) is 33.1. The molecule has 6 rings (SSSR count). The van der Waals surface area contributed by atoms with Crippen LogP contribution in [0, 0.1) is 11.3 Å². The molecule has 3 fully saturated rings. The normalized spacial score (nSPS) is 20.6. The van der Waals surface area contributed by atoms with Crippen LogP contribution in [0.3, 0.4) is 0 Å². The highest BCUT2D eigenvalue weighted by molar-refractivity contribution is 5.80. The zero-order valence-electron chi connectivity index (χ0n) is 26.0. The van der Waals surface area contributed by atoms with Crippen LogP contribution < -0.4 is 19.7 Å². The summed E-state index contributed by atoms with van der Waals surface area (Å²) in [5.41, 5.74) is 1.37. The van der Waals surface area contributed by atoms with E-state index in [2.05, 4.69) is 35.1 Å². The van der Waals surface area contributed by atoms with Crippen molar-refractivity contribution >= 4 is 23.4 Å². The predicted molar refractivity (Wildman–Crippen MR) is 165 cm³/mol. The summed E-state index contributed by atoms with van der Waals surface area (Å²) in [6.45, 7) is 5.46. The first-order valence-corrected chi connectivity index (χ1v) is 15.3. The molecule has 6 heterocycles. The van der Waals surface area contributed by atoms with Crippen LogP contribution in [0.4, 0.5) is 26.2 Å². The van der Waals surface area contributed by atoms with Crippen molar-refractivity contribution in [2.75, 3.05) is 69.8 Å². The highest BCUT2D eigenvalue weighted by Gasteiger charge is 2.48. The Morgan fingerprint density at radius 3 is 2.53 bits per heavy atom. The summed E-state index contributed by atoms with van der Waals surface area (Å²) in [7, 11) is 1.57. The van der Waals surface area contributed by atoms with Gasteiger partial charge in [0.2, 0.25) is 11.8 Å². The van der Waals surface area contributed by atoms with Crippen LogP contribution in [0.25, 0.3) is 11.4 Å². The lowest BCUT2D eigenvalue weighted by molar-refractivity contribution is -0.165. The quantitative estimate of drug-likeness (QED) is 0.346. The Hall–Kier alpha value is -4.72. The molecule has 3 saturated heterocycles. The summed E-state index contributed by atoms with van der Waals surface area (Å²) in [4.78, 5) is 35.3. The van der Waals surface area contributed by atoms with Gasteiger partial charge in [-0.25, -0.2) is 23.7 Å². The summed E-state index contributed by atoms with van der Waals surface area (Å²) in [6.07, 6.45) is -1.64. The third-order valence-corrected chi connectivity index (χ3v) is 8.42. The molecule has 47 heavy (non-hydrogen) atoms. The van der Waals surface area contributed by atoms with Gasteiger partial charge < -0.3 is 34.4 Å². The van der Waals surface area contributed by atoms with Crippen molar-refractivity contribution in [2.24, 2.45) is 0 Å². The predicted octanol–water partition coefficient (Wildman–Crippen LogP) is 2.07. The van der Waals surface area contributed by atoms with Gasteiger partial charge in [0.25, 0.3) is 5.91 Å². The number of nitriles is 1. The lowest BCUT2D eigenvalue weighted by Crippen LogP contribution is -2.56. The van der Waals surface area contributed by atoms with E-state index in [9.17, 15) is 23.9 Å². The van der Waals surface area contributed by atoms with Gasteiger partial charge in [-0.05, 0) is 37.3 Å². The Balaban J connectivity index is 1.12. The second-order valence-electron chi connectivity index (χ2n) is 11.6. The minimum Gasteiger partial charge on any atom is -0.481 e. The fourth-order valence-electron chi connectivity index (χ4n) is 5.77. The van der Waals surface area contributed by atoms with E-state index in [-0.39, 0.29) is 30.4 Å². The molecule has 0 bridgehead atoms. The van der Waals surface area contributed by atoms with Crippen LogP contribution in [0.1, 0.15) is 19.0 Å². The molecule has 0 aliphatic carbocycles. The fourth-order valence-corrected chi connectivity index (χ4v) is 5.77. The SMILES string of the molecule is COc1nc(Nc2nccc(-c3ccc(OC4CCN(C(=O)[C@H](C)O)CC4(F)F)c(C#N)n3)n2)ccc1N1CCN(C2COC2)CC1. The number of amides is 1. The minimum absolute atomic E-state index is 0.0227. The number of aromatic nitrogens is 4. The van der Waals surface area contributed by atoms with Gasteiger partial charge in [-0.3, -0.25) is 9.69 Å². The summed E-state index contributed by atoms with van der Waals surface area (Å²) in [5, 5.41) is 22.3. The largest absolute Gasteiger partial charge is 0.481 e. The second-order valence-corrected chi connectivity index (χ2v) is 11.6. The van der Waals surface area contributed by atoms with Crippen molar-refractivity contribution in [3.05, 3.63) is 42.2 Å². The molecular formula is C31H35F2N9O5. The Morgan fingerprint density at radius 1 is 1.11 bits per heavy atom. The van der Waals surface area contributed by atoms with Gasteiger partial charge in [-0.15, -0.1) is 0 Å². The van der Waals surface area contributed by atoms with Crippen molar-refractivity contribution < 1.29 is 32.9 Å². The summed E-state index contributed by atoms with van der Waals surface area (Å²) >= 11 is 0. The number of carbonyl (C=O) groups is 1. The van der Waals surface area contributed by atoms with E-state index < -0.39 is 30.6 Å². The number of hydrogen-bond donors (Lipinski definition) is 2. The molecule has 3 aliphatic rings. The van der Waals surface area contributed by atoms with E-state index in [4.69, 9.17) is 14.2 Å². The number of anilines is 3. The average molecular weight is 652 g/mol. The van der Waals surface area contributed by atoms with Crippen molar-refractivity contribution in [3.8, 4) is 29.1 Å². The summed E-state index contributed by atoms with van der Waals surface area (Å²) in [5.74, 6) is -3.14. The summed E-state index contributed by atoms with van der Waals surface area (Å²) < 4.78 is 46.3. The summed E-state index contributed by atoms with van der Waals surface area (Å²) in [6, 6.07) is 10.7. The molecule has 0 radical (unpaired) electrons. The molecule has 1 unspecified atom stereocenters. The first kappa shape index (κ1) is 32.2. The molecule has 248 valence electrons. The minimum atomic E-state index is -3.41. The number of alkyl halides is 2. The highest BCUT2D eigenvalue weighted by Crippen LogP contribution is 2.34. The maximum absolute atomic E-state index is 14.9. The number of aliphatic hydroxyl groups excluding tert-OH is 1. The number of piperidine rings is 1. The van der Waals surface area contributed by atoms with E-state index >= 15 is 0 Å². The van der Waals surface area contributed by atoms with E-state index in [0.717, 1.165) is 50.0 Å². The van der Waals surface area contributed by atoms with Gasteiger partial charge in [0.15, 0.2) is 17.5 Å². The van der Waals surface area contributed by atoms with Crippen molar-refractivity contribution in [1.29, 1.82) is 5.26 Å². The molecule has 16 heteroatoms. The number of likely N-dealkylation sites (tertiary alicyclic amines) is 1. The van der Waals surface area contributed by atoms with Crippen LogP contribution in [-0.4, -0.2) is 125 Å². The van der Waals surface area contributed by atoms with Crippen LogP contribution in [-0.2, 0) is 9.53 Å². The number of nitrogens with zero attached hydrogens (tertiary/aromatic N) is 8. The van der Waals surface area contributed by atoms with Gasteiger partial charge in [-0.2, -0.15) is 10.2 Å². The molecule has 3 aromatic rings. The lowest BCUT2D eigenvalue weighted by Gasteiger charge is -2.43. The molecule has 2 atom stereocenters. The third-order valence-electron chi connectivity index (χ3n) is 8.42. The molecule has 14 nitrogen and oxygen atoms in total. The number of halogens is 2. The van der Waals surface area contributed by atoms with Crippen LogP contribution in [0.2, 0.25) is 0 Å². The van der Waals surface area contributed by atoms with E-state index in [1.54, 1.807) is 13.2 Å². The molecule has 0 spiro atoms. The lowest BCUT2D eigenvalue weighted by atomic mass is 10.0. The molecule has 2 N–H and O–H groups in total. The maximum Gasteiger partial charge on any atom is 0.301 e. The van der Waals surface area contributed by atoms with Crippen molar-refractivity contribution in [1.82, 2.24) is 29.7 Å². The first-order valence-electron chi connectivity index (χ1n) is 15.3. The van der Waals surface area contributed by atoms with Crippen LogP contribution in [0.5, 0.6) is 11.6 Å². The fraction of sp³-hybridized carbons (Fsp3) is 0.484. The van der Waals surface area contributed by atoms with Gasteiger partial charge in [0.1, 0.15) is 23.7 Å². The molecule has 3 aromatic heterocycles. The number of aliphatic hydroxyl groups is 1. The smallest absolute Gasteiger partial charge is 0.301 e. The number of hydrogen-bond acceptors (Lipinski definition) is 13. The Kier molecular flexibility index (Phi) is 9.30. The number of carbonyl (C=O) groups excluding carboxylic acids is 1. The number of methoxy groups -OCH3 is 1. The standard InChI is InChI=1S/C31H35F2N9O5/c1-19(43)29(44)42-10-8-26(31(32,33)18-42)47-25-5-3-21(36-23(25)15-34)22-7-9-35-30(37-22)39-27-6-4-24(28(38-27)45-2)41-13-11-40(12-14-41)20-16-46-17-20/h3-7,9,19-20,26,43H,8,10-14,16-18H2,1-2H3,(H,35,37,38,39)/t19-,26?/m0/s1. The first-order chi connectivity index (χ1) is 22.6. The Bertz CT molecular complexity index is 1640. The van der Waals surface area contributed by atoms with E-state index in [1.165, 1.54) is 25.3 Å². The van der Waals surface area contributed by atoms with E-state index in [1.807, 2.05) is 18.2 Å². The maximum atomic E-state index is 14.9. The van der Waals surface area contributed by atoms with Crippen LogP contribution in [0.15, 0.2) is 36.5 Å². The molecule has 0 saturated carbocycles. The monoisotopic (exact) mass is 651 g/mol. The van der Waals surface area contributed by atoms with Crippen molar-refractivity contribution in [3.63, 3.8) is 0 Å². The highest BCUT2D eigenvalue weighted by atomic mass is 19.3. The number of pyridine rings is 2. The number of piperazine rings is 1. The topological polar surface area (TPSA) is 162 Å². The molecule has 1 amide bonds. The van der Waals surface area contributed by atoms with Gasteiger partial charge >= 0.3 is 5.92 Å². The zero-order valence-corrected chi connectivity index (χ0v) is 26.0.